The molecule has 1 saturated heterocycles. The van der Waals surface area contributed by atoms with E-state index in [4.69, 9.17) is 5.73 Å². The Morgan fingerprint density at radius 2 is 1.87 bits per heavy atom. The quantitative estimate of drug-likeness (QED) is 0.794. The number of anilines is 1. The SMILES string of the molecule is N[C@@H]1CCN(C(=O)c2cc3c(NC(=O)CC45CC6CC(CC(C6)C4)C5)cccn3n2)C1. The number of fused-ring (bicyclic) bond motifs is 1. The Hall–Kier alpha value is -2.41. The molecule has 7 rings (SSSR count). The van der Waals surface area contributed by atoms with Crippen molar-refractivity contribution in [2.24, 2.45) is 28.9 Å². The van der Waals surface area contributed by atoms with Crippen LogP contribution in [-0.4, -0.2) is 45.5 Å². The fraction of sp³-hybridized carbons (Fsp3) is 0.625. The van der Waals surface area contributed by atoms with E-state index in [9.17, 15) is 9.59 Å². The number of carbonyl (C=O) groups is 2. The van der Waals surface area contributed by atoms with Crippen LogP contribution in [0.5, 0.6) is 0 Å². The molecule has 4 saturated carbocycles. The summed E-state index contributed by atoms with van der Waals surface area (Å²) in [6.45, 7) is 1.24. The van der Waals surface area contributed by atoms with Gasteiger partial charge in [0.2, 0.25) is 5.91 Å². The van der Waals surface area contributed by atoms with Crippen LogP contribution in [0.15, 0.2) is 24.4 Å². The molecule has 31 heavy (non-hydrogen) atoms. The van der Waals surface area contributed by atoms with E-state index in [1.165, 1.54) is 38.5 Å². The van der Waals surface area contributed by atoms with Crippen molar-refractivity contribution in [2.45, 2.75) is 57.4 Å². The first-order valence-electron chi connectivity index (χ1n) is 11.8. The van der Waals surface area contributed by atoms with Gasteiger partial charge in [-0.1, -0.05) is 0 Å². The zero-order valence-electron chi connectivity index (χ0n) is 17.9. The van der Waals surface area contributed by atoms with Crippen molar-refractivity contribution in [3.05, 3.63) is 30.1 Å². The Labute approximate surface area is 182 Å². The number of aromatic nitrogens is 2. The summed E-state index contributed by atoms with van der Waals surface area (Å²) < 4.78 is 1.68. The number of nitrogens with one attached hydrogen (secondary N) is 1. The molecule has 0 aromatic carbocycles. The molecule has 2 aromatic heterocycles. The first kappa shape index (κ1) is 19.3. The Balaban J connectivity index is 1.20. The lowest BCUT2D eigenvalue weighted by Crippen LogP contribution is -2.47. The molecule has 1 aliphatic heterocycles. The summed E-state index contributed by atoms with van der Waals surface area (Å²) in [5.74, 6) is 2.51. The predicted octanol–water partition coefficient (Wildman–Crippen LogP) is 3.05. The molecule has 1 atom stereocenters. The minimum absolute atomic E-state index is 0.0421. The van der Waals surface area contributed by atoms with Crippen LogP contribution in [0.4, 0.5) is 5.69 Å². The van der Waals surface area contributed by atoms with Crippen LogP contribution in [0.2, 0.25) is 0 Å². The van der Waals surface area contributed by atoms with E-state index >= 15 is 0 Å². The van der Waals surface area contributed by atoms with E-state index in [1.807, 2.05) is 18.3 Å². The predicted molar refractivity (Wildman–Crippen MR) is 118 cm³/mol. The maximum atomic E-state index is 13.1. The van der Waals surface area contributed by atoms with Gasteiger partial charge in [0.1, 0.15) is 0 Å². The Bertz CT molecular complexity index is 1010. The molecule has 5 fully saturated rings. The highest BCUT2D eigenvalue weighted by atomic mass is 16.2. The van der Waals surface area contributed by atoms with Gasteiger partial charge in [-0.3, -0.25) is 9.59 Å². The molecular formula is C24H31N5O2. The molecule has 164 valence electrons. The summed E-state index contributed by atoms with van der Waals surface area (Å²) in [5.41, 5.74) is 8.04. The number of nitrogens with two attached hydrogens (primary N) is 1. The lowest BCUT2D eigenvalue weighted by Gasteiger charge is -2.56. The van der Waals surface area contributed by atoms with Crippen molar-refractivity contribution in [2.75, 3.05) is 18.4 Å². The molecular weight excluding hydrogens is 390 g/mol. The molecule has 5 aliphatic rings. The van der Waals surface area contributed by atoms with Gasteiger partial charge < -0.3 is 16.0 Å². The molecule has 2 amide bonds. The number of carbonyl (C=O) groups excluding carboxylic acids is 2. The van der Waals surface area contributed by atoms with E-state index in [0.29, 0.717) is 25.2 Å². The van der Waals surface area contributed by atoms with Crippen molar-refractivity contribution in [1.82, 2.24) is 14.5 Å². The zero-order chi connectivity index (χ0) is 21.2. The first-order valence-corrected chi connectivity index (χ1v) is 11.8. The standard InChI is InChI=1S/C24H31N5O2/c25-18-3-5-28(14-18)23(31)20-9-21-19(2-1-4-29(21)27-20)26-22(30)13-24-10-15-6-16(11-24)8-17(7-15)12-24/h1-2,4,9,15-18H,3,5-8,10-14,25H2,(H,26,30)/t15?,16?,17?,18-,24?/m1/s1. The fourth-order valence-electron chi connectivity index (χ4n) is 7.40. The van der Waals surface area contributed by atoms with Crippen molar-refractivity contribution < 1.29 is 9.59 Å². The third kappa shape index (κ3) is 3.43. The lowest BCUT2D eigenvalue weighted by molar-refractivity contribution is -0.124. The summed E-state index contributed by atoms with van der Waals surface area (Å²) >= 11 is 0. The third-order valence-electron chi connectivity index (χ3n) is 8.21. The van der Waals surface area contributed by atoms with Crippen LogP contribution >= 0.6 is 0 Å². The third-order valence-corrected chi connectivity index (χ3v) is 8.21. The molecule has 3 heterocycles. The van der Waals surface area contributed by atoms with Gasteiger partial charge in [0.15, 0.2) is 5.69 Å². The summed E-state index contributed by atoms with van der Waals surface area (Å²) in [7, 11) is 0. The Kier molecular flexibility index (Phi) is 4.39. The average Bonchev–Trinajstić information content (AvgIpc) is 3.33. The normalized spacial score (nSPS) is 33.9. The van der Waals surface area contributed by atoms with Crippen molar-refractivity contribution >= 4 is 23.0 Å². The van der Waals surface area contributed by atoms with Gasteiger partial charge in [-0.05, 0) is 86.3 Å². The average molecular weight is 422 g/mol. The molecule has 0 unspecified atom stereocenters. The van der Waals surface area contributed by atoms with E-state index in [1.54, 1.807) is 15.5 Å². The van der Waals surface area contributed by atoms with Crippen molar-refractivity contribution in [1.29, 1.82) is 0 Å². The van der Waals surface area contributed by atoms with Gasteiger partial charge in [0.25, 0.3) is 5.91 Å². The summed E-state index contributed by atoms with van der Waals surface area (Å²) in [6.07, 6.45) is 11.1. The maximum absolute atomic E-state index is 13.1. The first-order chi connectivity index (χ1) is 15.0. The minimum atomic E-state index is -0.0949. The number of amides is 2. The number of likely N-dealkylation sites (tertiary alicyclic amines) is 1. The molecule has 3 N–H and O–H groups in total. The molecule has 4 bridgehead atoms. The number of rotatable bonds is 4. The zero-order valence-corrected chi connectivity index (χ0v) is 17.9. The van der Waals surface area contributed by atoms with Crippen LogP contribution in [0.25, 0.3) is 5.52 Å². The molecule has 0 radical (unpaired) electrons. The highest BCUT2D eigenvalue weighted by Crippen LogP contribution is 2.61. The number of nitrogens with zero attached hydrogens (tertiary/aromatic N) is 3. The van der Waals surface area contributed by atoms with E-state index in [2.05, 4.69) is 10.4 Å². The fourth-order valence-corrected chi connectivity index (χ4v) is 7.40. The molecule has 7 nitrogen and oxygen atoms in total. The topological polar surface area (TPSA) is 92.7 Å². The number of pyridine rings is 1. The van der Waals surface area contributed by atoms with E-state index < -0.39 is 0 Å². The second-order valence-corrected chi connectivity index (χ2v) is 10.7. The van der Waals surface area contributed by atoms with Gasteiger partial charge in [0.05, 0.1) is 11.2 Å². The monoisotopic (exact) mass is 421 g/mol. The van der Waals surface area contributed by atoms with Crippen LogP contribution in [0, 0.1) is 23.2 Å². The lowest BCUT2D eigenvalue weighted by atomic mass is 9.49. The van der Waals surface area contributed by atoms with Gasteiger partial charge in [-0.15, -0.1) is 0 Å². The second kappa shape index (κ2) is 7.05. The second-order valence-electron chi connectivity index (χ2n) is 10.7. The maximum Gasteiger partial charge on any atom is 0.274 e. The molecule has 7 heteroatoms. The van der Waals surface area contributed by atoms with Crippen LogP contribution in [0.1, 0.15) is 61.9 Å². The summed E-state index contributed by atoms with van der Waals surface area (Å²) in [6, 6.07) is 5.59. The largest absolute Gasteiger partial charge is 0.336 e. The van der Waals surface area contributed by atoms with Crippen LogP contribution in [-0.2, 0) is 4.79 Å². The summed E-state index contributed by atoms with van der Waals surface area (Å²) in [4.78, 5) is 27.7. The number of hydrogen-bond acceptors (Lipinski definition) is 4. The van der Waals surface area contributed by atoms with Gasteiger partial charge in [-0.25, -0.2) is 4.52 Å². The smallest absolute Gasteiger partial charge is 0.274 e. The number of hydrogen-bond donors (Lipinski definition) is 2. The molecule has 0 spiro atoms. The van der Waals surface area contributed by atoms with Gasteiger partial charge >= 0.3 is 0 Å². The van der Waals surface area contributed by atoms with Gasteiger partial charge in [-0.2, -0.15) is 5.10 Å². The summed E-state index contributed by atoms with van der Waals surface area (Å²) in [5, 5.41) is 7.61. The Morgan fingerprint density at radius 1 is 1.16 bits per heavy atom. The van der Waals surface area contributed by atoms with Gasteiger partial charge in [0, 0.05) is 31.7 Å². The highest BCUT2D eigenvalue weighted by Gasteiger charge is 2.51. The van der Waals surface area contributed by atoms with Crippen molar-refractivity contribution in [3.8, 4) is 0 Å². The molecule has 4 aliphatic carbocycles. The molecule has 2 aromatic rings. The highest BCUT2D eigenvalue weighted by molar-refractivity contribution is 5.98. The van der Waals surface area contributed by atoms with E-state index in [0.717, 1.165) is 35.4 Å². The van der Waals surface area contributed by atoms with Crippen molar-refractivity contribution in [3.63, 3.8) is 0 Å². The Morgan fingerprint density at radius 3 is 2.52 bits per heavy atom. The van der Waals surface area contributed by atoms with Crippen LogP contribution in [0.3, 0.4) is 0 Å². The van der Waals surface area contributed by atoms with Crippen LogP contribution < -0.4 is 11.1 Å². The van der Waals surface area contributed by atoms with E-state index in [-0.39, 0.29) is 23.3 Å². The minimum Gasteiger partial charge on any atom is -0.336 e.